The largest absolute Gasteiger partial charge is 0.370 e. The van der Waals surface area contributed by atoms with Crippen molar-refractivity contribution in [3.8, 4) is 10.7 Å². The van der Waals surface area contributed by atoms with Crippen molar-refractivity contribution >= 4 is 33.1 Å². The molecule has 2 rings (SSSR count). The fraction of sp³-hybridized carbons (Fsp3) is 0.500. The maximum Gasteiger partial charge on any atom is 0.171 e. The Balaban J connectivity index is 2.51. The standard InChI is InChI=1S/C16H22BrN3S/c1-6-7-18-16-14(9(2)3)10(4)19-15(20-16)13-8-12(17)11(5)21-13/h8-9H,6-7H2,1-5H3,(H,18,19,20). The Morgan fingerprint density at radius 3 is 2.52 bits per heavy atom. The number of nitrogens with one attached hydrogen (secondary N) is 1. The van der Waals surface area contributed by atoms with Gasteiger partial charge >= 0.3 is 0 Å². The summed E-state index contributed by atoms with van der Waals surface area (Å²) in [5, 5.41) is 3.46. The van der Waals surface area contributed by atoms with Crippen LogP contribution in [0.1, 0.15) is 49.2 Å². The summed E-state index contributed by atoms with van der Waals surface area (Å²) in [7, 11) is 0. The van der Waals surface area contributed by atoms with Gasteiger partial charge in [0.15, 0.2) is 5.82 Å². The van der Waals surface area contributed by atoms with E-state index in [0.717, 1.165) is 39.7 Å². The molecule has 0 fully saturated rings. The van der Waals surface area contributed by atoms with Crippen LogP contribution in [0.3, 0.4) is 0 Å². The molecule has 1 N–H and O–H groups in total. The molecule has 0 aliphatic carbocycles. The summed E-state index contributed by atoms with van der Waals surface area (Å²) in [5.41, 5.74) is 2.29. The first-order chi connectivity index (χ1) is 9.93. The lowest BCUT2D eigenvalue weighted by molar-refractivity contribution is 0.827. The molecule has 0 radical (unpaired) electrons. The number of anilines is 1. The molecule has 3 nitrogen and oxygen atoms in total. The summed E-state index contributed by atoms with van der Waals surface area (Å²) in [6.07, 6.45) is 1.08. The van der Waals surface area contributed by atoms with Gasteiger partial charge in [0.05, 0.1) is 4.88 Å². The van der Waals surface area contributed by atoms with E-state index in [2.05, 4.69) is 61.9 Å². The Morgan fingerprint density at radius 2 is 2.00 bits per heavy atom. The van der Waals surface area contributed by atoms with Gasteiger partial charge in [-0.2, -0.15) is 0 Å². The van der Waals surface area contributed by atoms with Crippen molar-refractivity contribution in [2.45, 2.75) is 47.0 Å². The molecule has 0 aliphatic rings. The summed E-state index contributed by atoms with van der Waals surface area (Å²) < 4.78 is 1.12. The number of aromatic nitrogens is 2. The molecule has 0 spiro atoms. The molecule has 21 heavy (non-hydrogen) atoms. The average molecular weight is 368 g/mol. The molecule has 2 heterocycles. The van der Waals surface area contributed by atoms with E-state index < -0.39 is 0 Å². The van der Waals surface area contributed by atoms with Crippen LogP contribution in [0.4, 0.5) is 5.82 Å². The average Bonchev–Trinajstić information content (AvgIpc) is 2.75. The lowest BCUT2D eigenvalue weighted by atomic mass is 10.0. The highest BCUT2D eigenvalue weighted by molar-refractivity contribution is 9.10. The van der Waals surface area contributed by atoms with Gasteiger partial charge in [-0.25, -0.2) is 9.97 Å². The van der Waals surface area contributed by atoms with Crippen LogP contribution in [0.2, 0.25) is 0 Å². The second kappa shape index (κ2) is 6.88. The van der Waals surface area contributed by atoms with Crippen LogP contribution in [-0.2, 0) is 0 Å². The molecule has 114 valence electrons. The van der Waals surface area contributed by atoms with Crippen LogP contribution in [-0.4, -0.2) is 16.5 Å². The first-order valence-corrected chi connectivity index (χ1v) is 8.93. The van der Waals surface area contributed by atoms with Crippen molar-refractivity contribution in [3.05, 3.63) is 26.7 Å². The summed E-state index contributed by atoms with van der Waals surface area (Å²) >= 11 is 5.29. The Labute approximate surface area is 139 Å². The van der Waals surface area contributed by atoms with Crippen molar-refractivity contribution < 1.29 is 0 Å². The molecule has 2 aromatic rings. The predicted molar refractivity (Wildman–Crippen MR) is 95.4 cm³/mol. The maximum absolute atomic E-state index is 4.78. The molecular formula is C16H22BrN3S. The number of thiophene rings is 1. The number of rotatable bonds is 5. The first-order valence-electron chi connectivity index (χ1n) is 7.32. The summed E-state index contributed by atoms with van der Waals surface area (Å²) in [6.45, 7) is 11.7. The number of halogens is 1. The zero-order valence-corrected chi connectivity index (χ0v) is 15.7. The van der Waals surface area contributed by atoms with Gasteiger partial charge in [-0.3, -0.25) is 0 Å². The zero-order chi connectivity index (χ0) is 15.6. The number of aryl methyl sites for hydroxylation is 2. The summed E-state index contributed by atoms with van der Waals surface area (Å²) in [5.74, 6) is 2.21. The van der Waals surface area contributed by atoms with E-state index >= 15 is 0 Å². The third kappa shape index (κ3) is 3.64. The van der Waals surface area contributed by atoms with Gasteiger partial charge in [0, 0.05) is 27.2 Å². The topological polar surface area (TPSA) is 37.8 Å². The van der Waals surface area contributed by atoms with E-state index in [4.69, 9.17) is 9.97 Å². The van der Waals surface area contributed by atoms with Crippen LogP contribution in [0.15, 0.2) is 10.5 Å². The van der Waals surface area contributed by atoms with Gasteiger partial charge in [0.25, 0.3) is 0 Å². The van der Waals surface area contributed by atoms with E-state index in [1.165, 1.54) is 10.4 Å². The molecule has 0 aromatic carbocycles. The fourth-order valence-electron chi connectivity index (χ4n) is 2.33. The monoisotopic (exact) mass is 367 g/mol. The second-order valence-electron chi connectivity index (χ2n) is 5.49. The van der Waals surface area contributed by atoms with Crippen molar-refractivity contribution in [3.63, 3.8) is 0 Å². The third-order valence-corrected chi connectivity index (χ3v) is 5.47. The predicted octanol–water partition coefficient (Wildman–Crippen LogP) is 5.53. The van der Waals surface area contributed by atoms with Crippen LogP contribution in [0, 0.1) is 13.8 Å². The first kappa shape index (κ1) is 16.4. The number of hydrogen-bond acceptors (Lipinski definition) is 4. The molecule has 0 aliphatic heterocycles. The molecule has 0 amide bonds. The molecule has 0 unspecified atom stereocenters. The van der Waals surface area contributed by atoms with Crippen LogP contribution < -0.4 is 5.32 Å². The van der Waals surface area contributed by atoms with E-state index in [0.29, 0.717) is 5.92 Å². The molecule has 0 saturated carbocycles. The smallest absolute Gasteiger partial charge is 0.171 e. The summed E-state index contributed by atoms with van der Waals surface area (Å²) in [6, 6.07) is 2.10. The molecule has 0 saturated heterocycles. The van der Waals surface area contributed by atoms with Gasteiger partial charge in [0.2, 0.25) is 0 Å². The van der Waals surface area contributed by atoms with Crippen LogP contribution in [0.25, 0.3) is 10.7 Å². The Morgan fingerprint density at radius 1 is 1.29 bits per heavy atom. The van der Waals surface area contributed by atoms with Gasteiger partial charge in [-0.1, -0.05) is 20.8 Å². The molecule has 2 aromatic heterocycles. The molecule has 0 bridgehead atoms. The Hall–Kier alpha value is -0.940. The minimum Gasteiger partial charge on any atom is -0.370 e. The highest BCUT2D eigenvalue weighted by atomic mass is 79.9. The van der Waals surface area contributed by atoms with Gasteiger partial charge < -0.3 is 5.32 Å². The lowest BCUT2D eigenvalue weighted by Gasteiger charge is -2.16. The van der Waals surface area contributed by atoms with Crippen LogP contribution >= 0.6 is 27.3 Å². The number of hydrogen-bond donors (Lipinski definition) is 1. The SMILES string of the molecule is CCCNc1nc(-c2cc(Br)c(C)s2)nc(C)c1C(C)C. The van der Waals surface area contributed by atoms with Crippen LogP contribution in [0.5, 0.6) is 0 Å². The second-order valence-corrected chi connectivity index (χ2v) is 7.60. The Kier molecular flexibility index (Phi) is 5.38. The minimum absolute atomic E-state index is 0.412. The highest BCUT2D eigenvalue weighted by Crippen LogP contribution is 2.34. The fourth-order valence-corrected chi connectivity index (χ4v) is 3.80. The van der Waals surface area contributed by atoms with E-state index in [9.17, 15) is 0 Å². The zero-order valence-electron chi connectivity index (χ0n) is 13.2. The molecule has 5 heteroatoms. The van der Waals surface area contributed by atoms with Crippen molar-refractivity contribution in [2.24, 2.45) is 0 Å². The van der Waals surface area contributed by atoms with Crippen molar-refractivity contribution in [2.75, 3.05) is 11.9 Å². The third-order valence-electron chi connectivity index (χ3n) is 3.33. The van der Waals surface area contributed by atoms with Gasteiger partial charge in [-0.15, -0.1) is 11.3 Å². The van der Waals surface area contributed by atoms with E-state index in [1.807, 2.05) is 0 Å². The lowest BCUT2D eigenvalue weighted by Crippen LogP contribution is -2.10. The van der Waals surface area contributed by atoms with Crippen molar-refractivity contribution in [1.29, 1.82) is 0 Å². The quantitative estimate of drug-likeness (QED) is 0.754. The minimum atomic E-state index is 0.412. The van der Waals surface area contributed by atoms with E-state index in [1.54, 1.807) is 11.3 Å². The summed E-state index contributed by atoms with van der Waals surface area (Å²) in [4.78, 5) is 11.9. The number of nitrogens with zero attached hydrogens (tertiary/aromatic N) is 2. The van der Waals surface area contributed by atoms with Crippen molar-refractivity contribution in [1.82, 2.24) is 9.97 Å². The normalized spacial score (nSPS) is 11.2. The van der Waals surface area contributed by atoms with E-state index in [-0.39, 0.29) is 0 Å². The highest BCUT2D eigenvalue weighted by Gasteiger charge is 2.16. The molecule has 0 atom stereocenters. The molecular weight excluding hydrogens is 346 g/mol. The van der Waals surface area contributed by atoms with Gasteiger partial charge in [-0.05, 0) is 48.2 Å². The Bertz CT molecular complexity index is 615. The van der Waals surface area contributed by atoms with Gasteiger partial charge in [0.1, 0.15) is 5.82 Å². The maximum atomic E-state index is 4.78.